The largest absolute Gasteiger partial charge is 0.380 e. The zero-order chi connectivity index (χ0) is 15.2. The number of rotatable bonds is 7. The fourth-order valence-corrected chi connectivity index (χ4v) is 1.79. The molecule has 0 aliphatic carbocycles. The van der Waals surface area contributed by atoms with Crippen molar-refractivity contribution in [3.63, 3.8) is 0 Å². The van der Waals surface area contributed by atoms with Crippen LogP contribution in [0.1, 0.15) is 33.4 Å². The van der Waals surface area contributed by atoms with Crippen LogP contribution >= 0.6 is 11.6 Å². The summed E-state index contributed by atoms with van der Waals surface area (Å²) in [6.45, 7) is 11.3. The standard InChI is InChI=1S/C15H26ClN3O/c1-6-20-10-9-19(5)14-8-7-12(16)13(18-14)11-17-15(2,3)4/h7-8,17H,6,9-11H2,1-5H3. The van der Waals surface area contributed by atoms with Crippen LogP contribution in [-0.4, -0.2) is 37.3 Å². The predicted molar refractivity (Wildman–Crippen MR) is 85.6 cm³/mol. The first-order chi connectivity index (χ1) is 9.33. The Balaban J connectivity index is 2.69. The van der Waals surface area contributed by atoms with Crippen LogP contribution in [0.5, 0.6) is 0 Å². The number of nitrogens with zero attached hydrogens (tertiary/aromatic N) is 2. The molecule has 114 valence electrons. The third kappa shape index (κ3) is 6.07. The average molecular weight is 300 g/mol. The van der Waals surface area contributed by atoms with E-state index in [4.69, 9.17) is 16.3 Å². The molecule has 0 unspecified atom stereocenters. The Kier molecular flexibility index (Phi) is 6.72. The minimum atomic E-state index is 0.0435. The molecule has 1 N–H and O–H groups in total. The molecule has 0 bridgehead atoms. The highest BCUT2D eigenvalue weighted by molar-refractivity contribution is 6.31. The van der Waals surface area contributed by atoms with Gasteiger partial charge < -0.3 is 15.0 Å². The quantitative estimate of drug-likeness (QED) is 0.785. The average Bonchev–Trinajstić information content (AvgIpc) is 2.37. The van der Waals surface area contributed by atoms with Gasteiger partial charge in [-0.25, -0.2) is 4.98 Å². The molecule has 0 aromatic carbocycles. The SMILES string of the molecule is CCOCCN(C)c1ccc(Cl)c(CNC(C)(C)C)n1. The van der Waals surface area contributed by atoms with E-state index in [2.05, 4.69) is 36.0 Å². The molecule has 0 amide bonds. The van der Waals surface area contributed by atoms with Gasteiger partial charge in [0.05, 0.1) is 17.3 Å². The number of aromatic nitrogens is 1. The molecule has 0 spiro atoms. The maximum Gasteiger partial charge on any atom is 0.128 e. The van der Waals surface area contributed by atoms with E-state index in [-0.39, 0.29) is 5.54 Å². The zero-order valence-electron chi connectivity index (χ0n) is 13.2. The van der Waals surface area contributed by atoms with Crippen LogP contribution in [0, 0.1) is 0 Å². The summed E-state index contributed by atoms with van der Waals surface area (Å²) in [5, 5.41) is 4.11. The molecular weight excluding hydrogens is 274 g/mol. The van der Waals surface area contributed by atoms with Gasteiger partial charge in [0, 0.05) is 32.3 Å². The van der Waals surface area contributed by atoms with Gasteiger partial charge in [-0.15, -0.1) is 0 Å². The summed E-state index contributed by atoms with van der Waals surface area (Å²) < 4.78 is 5.36. The number of ether oxygens (including phenoxy) is 1. The van der Waals surface area contributed by atoms with Crippen LogP contribution in [0.25, 0.3) is 0 Å². The second-order valence-corrected chi connectivity index (χ2v) is 6.23. The minimum Gasteiger partial charge on any atom is -0.380 e. The molecule has 1 rings (SSSR count). The summed E-state index contributed by atoms with van der Waals surface area (Å²) in [6.07, 6.45) is 0. The molecule has 4 nitrogen and oxygen atoms in total. The van der Waals surface area contributed by atoms with Gasteiger partial charge in [-0.2, -0.15) is 0 Å². The Morgan fingerprint density at radius 3 is 2.65 bits per heavy atom. The van der Waals surface area contributed by atoms with Crippen molar-refractivity contribution in [3.8, 4) is 0 Å². The summed E-state index contributed by atoms with van der Waals surface area (Å²) >= 11 is 6.21. The Morgan fingerprint density at radius 1 is 1.35 bits per heavy atom. The number of nitrogens with one attached hydrogen (secondary N) is 1. The van der Waals surface area contributed by atoms with Gasteiger partial charge in [0.2, 0.25) is 0 Å². The lowest BCUT2D eigenvalue weighted by Crippen LogP contribution is -2.35. The lowest BCUT2D eigenvalue weighted by atomic mass is 10.1. The van der Waals surface area contributed by atoms with Gasteiger partial charge in [0.25, 0.3) is 0 Å². The van der Waals surface area contributed by atoms with Crippen LogP contribution < -0.4 is 10.2 Å². The molecular formula is C15H26ClN3O. The molecule has 0 radical (unpaired) electrons. The Hall–Kier alpha value is -0.840. The molecule has 0 saturated carbocycles. The molecule has 5 heteroatoms. The number of halogens is 1. The van der Waals surface area contributed by atoms with Crippen molar-refractivity contribution in [1.82, 2.24) is 10.3 Å². The van der Waals surface area contributed by atoms with Gasteiger partial charge in [0.15, 0.2) is 0 Å². The number of pyridine rings is 1. The zero-order valence-corrected chi connectivity index (χ0v) is 13.9. The number of anilines is 1. The summed E-state index contributed by atoms with van der Waals surface area (Å²) in [6, 6.07) is 3.84. The van der Waals surface area contributed by atoms with Crippen molar-refractivity contribution in [2.24, 2.45) is 0 Å². The molecule has 0 saturated heterocycles. The van der Waals surface area contributed by atoms with Gasteiger partial charge in [-0.3, -0.25) is 0 Å². The lowest BCUT2D eigenvalue weighted by Gasteiger charge is -2.22. The van der Waals surface area contributed by atoms with Gasteiger partial charge in [-0.05, 0) is 39.8 Å². The van der Waals surface area contributed by atoms with Crippen LogP contribution in [-0.2, 0) is 11.3 Å². The second-order valence-electron chi connectivity index (χ2n) is 5.82. The number of likely N-dealkylation sites (N-methyl/N-ethyl adjacent to an activating group) is 1. The van der Waals surface area contributed by atoms with E-state index >= 15 is 0 Å². The van der Waals surface area contributed by atoms with E-state index < -0.39 is 0 Å². The Labute approximate surface area is 127 Å². The summed E-state index contributed by atoms with van der Waals surface area (Å²) in [5.74, 6) is 0.916. The monoisotopic (exact) mass is 299 g/mol. The maximum atomic E-state index is 6.21. The molecule has 0 fully saturated rings. The molecule has 1 heterocycles. The van der Waals surface area contributed by atoms with Gasteiger partial charge >= 0.3 is 0 Å². The van der Waals surface area contributed by atoms with Crippen LogP contribution in [0.3, 0.4) is 0 Å². The van der Waals surface area contributed by atoms with Crippen molar-refractivity contribution < 1.29 is 4.74 Å². The van der Waals surface area contributed by atoms with E-state index in [1.165, 1.54) is 0 Å². The summed E-state index contributed by atoms with van der Waals surface area (Å²) in [5.41, 5.74) is 0.921. The van der Waals surface area contributed by atoms with Crippen molar-refractivity contribution in [3.05, 3.63) is 22.8 Å². The fourth-order valence-electron chi connectivity index (χ4n) is 1.62. The van der Waals surface area contributed by atoms with E-state index in [1.807, 2.05) is 26.1 Å². The predicted octanol–water partition coefficient (Wildman–Crippen LogP) is 3.10. The number of hydrogen-bond donors (Lipinski definition) is 1. The van der Waals surface area contributed by atoms with E-state index in [0.717, 1.165) is 24.7 Å². The first-order valence-electron chi connectivity index (χ1n) is 7.03. The van der Waals surface area contributed by atoms with Crippen LogP contribution in [0.2, 0.25) is 5.02 Å². The Morgan fingerprint density at radius 2 is 2.05 bits per heavy atom. The third-order valence-electron chi connectivity index (χ3n) is 2.86. The number of hydrogen-bond acceptors (Lipinski definition) is 4. The Bertz CT molecular complexity index is 418. The summed E-state index contributed by atoms with van der Waals surface area (Å²) in [7, 11) is 2.01. The van der Waals surface area contributed by atoms with Crippen LogP contribution in [0.15, 0.2) is 12.1 Å². The van der Waals surface area contributed by atoms with Gasteiger partial charge in [0.1, 0.15) is 5.82 Å². The van der Waals surface area contributed by atoms with Crippen molar-refractivity contribution >= 4 is 17.4 Å². The normalized spacial score (nSPS) is 11.7. The highest BCUT2D eigenvalue weighted by Crippen LogP contribution is 2.19. The molecule has 0 aliphatic heterocycles. The minimum absolute atomic E-state index is 0.0435. The highest BCUT2D eigenvalue weighted by Gasteiger charge is 2.12. The maximum absolute atomic E-state index is 6.21. The fraction of sp³-hybridized carbons (Fsp3) is 0.667. The third-order valence-corrected chi connectivity index (χ3v) is 3.20. The molecule has 1 aromatic rings. The topological polar surface area (TPSA) is 37.4 Å². The van der Waals surface area contributed by atoms with Crippen molar-refractivity contribution in [2.75, 3.05) is 31.7 Å². The van der Waals surface area contributed by atoms with E-state index in [1.54, 1.807) is 0 Å². The van der Waals surface area contributed by atoms with E-state index in [0.29, 0.717) is 18.2 Å². The molecule has 0 aliphatic rings. The molecule has 1 aromatic heterocycles. The molecule has 0 atom stereocenters. The smallest absolute Gasteiger partial charge is 0.128 e. The summed E-state index contributed by atoms with van der Waals surface area (Å²) in [4.78, 5) is 6.71. The second kappa shape index (κ2) is 7.81. The first kappa shape index (κ1) is 17.2. The molecule has 20 heavy (non-hydrogen) atoms. The van der Waals surface area contributed by atoms with E-state index in [9.17, 15) is 0 Å². The highest BCUT2D eigenvalue weighted by atomic mass is 35.5. The lowest BCUT2D eigenvalue weighted by molar-refractivity contribution is 0.154. The first-order valence-corrected chi connectivity index (χ1v) is 7.40. The van der Waals surface area contributed by atoms with Crippen LogP contribution in [0.4, 0.5) is 5.82 Å². The van der Waals surface area contributed by atoms with Crippen molar-refractivity contribution in [1.29, 1.82) is 0 Å². The van der Waals surface area contributed by atoms with Crippen molar-refractivity contribution in [2.45, 2.75) is 39.8 Å². The van der Waals surface area contributed by atoms with Gasteiger partial charge in [-0.1, -0.05) is 11.6 Å².